The number of methoxy groups -OCH3 is 2. The van der Waals surface area contributed by atoms with Gasteiger partial charge in [-0.15, -0.1) is 0 Å². The molecule has 3 fully saturated rings. The minimum absolute atomic E-state index is 0.0706. The van der Waals surface area contributed by atoms with Crippen molar-refractivity contribution in [3.05, 3.63) is 47.2 Å². The Kier molecular flexibility index (Phi) is 7.18. The SMILES string of the molecule is COC(=O)C1=COC(OC2OC(CO)C(O)C(O)C2O)C2C1C1OC1C21C=C(C(O)c2ccc(O)c(OC)c2)C(=O)O1. The van der Waals surface area contributed by atoms with Crippen LogP contribution in [-0.2, 0) is 38.0 Å². The molecule has 2 saturated heterocycles. The Labute approximate surface area is 238 Å². The van der Waals surface area contributed by atoms with E-state index in [9.17, 15) is 40.2 Å². The number of hydrogen-bond donors (Lipinski definition) is 6. The summed E-state index contributed by atoms with van der Waals surface area (Å²) in [6.07, 6.45) is -9.79. The second-order valence-corrected chi connectivity index (χ2v) is 10.7. The van der Waals surface area contributed by atoms with Gasteiger partial charge in [0.25, 0.3) is 0 Å². The Balaban J connectivity index is 1.37. The number of epoxide rings is 1. The van der Waals surface area contributed by atoms with Crippen LogP contribution in [0, 0.1) is 11.8 Å². The van der Waals surface area contributed by atoms with Gasteiger partial charge in [0.1, 0.15) is 36.6 Å². The van der Waals surface area contributed by atoms with Crippen molar-refractivity contribution in [2.75, 3.05) is 20.8 Å². The van der Waals surface area contributed by atoms with E-state index in [0.29, 0.717) is 0 Å². The normalized spacial score (nSPS) is 40.7. The number of carbonyl (C=O) groups is 2. The molecule has 4 aliphatic heterocycles. The molecule has 0 radical (unpaired) electrons. The molecule has 15 heteroatoms. The molecular weight excluding hydrogens is 564 g/mol. The van der Waals surface area contributed by atoms with E-state index in [1.165, 1.54) is 38.5 Å². The maximum Gasteiger partial charge on any atom is 0.337 e. The zero-order valence-electron chi connectivity index (χ0n) is 22.3. The van der Waals surface area contributed by atoms with Crippen LogP contribution in [0.25, 0.3) is 0 Å². The number of hydrogen-bond acceptors (Lipinski definition) is 15. The topological polar surface area (TPSA) is 223 Å². The summed E-state index contributed by atoms with van der Waals surface area (Å²) in [5.41, 5.74) is -1.48. The van der Waals surface area contributed by atoms with Crippen LogP contribution < -0.4 is 4.74 Å². The van der Waals surface area contributed by atoms with Crippen molar-refractivity contribution >= 4 is 11.9 Å². The van der Waals surface area contributed by atoms with Crippen LogP contribution in [0.15, 0.2) is 41.7 Å². The molecule has 1 aliphatic carbocycles. The van der Waals surface area contributed by atoms with E-state index in [1.54, 1.807) is 0 Å². The van der Waals surface area contributed by atoms with Crippen LogP contribution in [0.3, 0.4) is 0 Å². The molecule has 0 bridgehead atoms. The molecule has 42 heavy (non-hydrogen) atoms. The smallest absolute Gasteiger partial charge is 0.337 e. The average molecular weight is 595 g/mol. The molecule has 0 amide bonds. The van der Waals surface area contributed by atoms with E-state index in [-0.39, 0.29) is 28.2 Å². The third-order valence-corrected chi connectivity index (χ3v) is 8.45. The maximum absolute atomic E-state index is 13.3. The number of carbonyl (C=O) groups excluding carboxylic acids is 2. The van der Waals surface area contributed by atoms with Gasteiger partial charge in [0.2, 0.25) is 6.29 Å². The highest BCUT2D eigenvalue weighted by atomic mass is 16.8. The molecule has 5 aliphatic rings. The summed E-state index contributed by atoms with van der Waals surface area (Å²) in [7, 11) is 2.51. The summed E-state index contributed by atoms with van der Waals surface area (Å²) in [4.78, 5) is 25.9. The Hall–Kier alpha value is -3.28. The summed E-state index contributed by atoms with van der Waals surface area (Å²) in [6, 6.07) is 4.06. The molecule has 1 saturated carbocycles. The summed E-state index contributed by atoms with van der Waals surface area (Å²) in [5, 5.41) is 61.6. The minimum atomic E-state index is -1.76. The molecular formula is C27H30O15. The fourth-order valence-electron chi connectivity index (χ4n) is 6.31. The van der Waals surface area contributed by atoms with Crippen molar-refractivity contribution in [2.24, 2.45) is 11.8 Å². The van der Waals surface area contributed by atoms with Crippen LogP contribution >= 0.6 is 0 Å². The minimum Gasteiger partial charge on any atom is -0.504 e. The first-order valence-corrected chi connectivity index (χ1v) is 13.1. The summed E-state index contributed by atoms with van der Waals surface area (Å²) < 4.78 is 38.9. The molecule has 228 valence electrons. The van der Waals surface area contributed by atoms with Crippen molar-refractivity contribution in [1.29, 1.82) is 0 Å². The summed E-state index contributed by atoms with van der Waals surface area (Å²) in [5.74, 6) is -3.51. The number of phenols is 1. The quantitative estimate of drug-likeness (QED) is 0.147. The van der Waals surface area contributed by atoms with Gasteiger partial charge in [0, 0.05) is 5.92 Å². The van der Waals surface area contributed by atoms with E-state index in [4.69, 9.17) is 33.2 Å². The molecule has 12 atom stereocenters. The van der Waals surface area contributed by atoms with Gasteiger partial charge in [-0.3, -0.25) is 0 Å². The summed E-state index contributed by atoms with van der Waals surface area (Å²) >= 11 is 0. The Morgan fingerprint density at radius 1 is 1.10 bits per heavy atom. The predicted molar refractivity (Wildman–Crippen MR) is 132 cm³/mol. The highest BCUT2D eigenvalue weighted by molar-refractivity contribution is 5.94. The van der Waals surface area contributed by atoms with Crippen LogP contribution in [0.5, 0.6) is 11.5 Å². The Morgan fingerprint density at radius 2 is 1.86 bits per heavy atom. The summed E-state index contributed by atoms with van der Waals surface area (Å²) in [6.45, 7) is -0.694. The van der Waals surface area contributed by atoms with E-state index in [1.807, 2.05) is 0 Å². The lowest BCUT2D eigenvalue weighted by molar-refractivity contribution is -0.347. The highest BCUT2D eigenvalue weighted by Crippen LogP contribution is 2.63. The number of phenolic OH excluding ortho intramolecular Hbond substituents is 1. The third-order valence-electron chi connectivity index (χ3n) is 8.45. The Morgan fingerprint density at radius 3 is 2.55 bits per heavy atom. The average Bonchev–Trinajstić information content (AvgIpc) is 3.66. The number of fused-ring (bicyclic) bond motifs is 5. The molecule has 1 aromatic rings. The van der Waals surface area contributed by atoms with Crippen LogP contribution in [0.1, 0.15) is 11.7 Å². The first-order valence-electron chi connectivity index (χ1n) is 13.1. The van der Waals surface area contributed by atoms with Gasteiger partial charge in [-0.25, -0.2) is 9.59 Å². The number of rotatable bonds is 7. The first-order chi connectivity index (χ1) is 20.1. The van der Waals surface area contributed by atoms with Crippen molar-refractivity contribution in [1.82, 2.24) is 0 Å². The van der Waals surface area contributed by atoms with E-state index in [2.05, 4.69) is 0 Å². The van der Waals surface area contributed by atoms with Crippen molar-refractivity contribution in [3.8, 4) is 11.5 Å². The zero-order chi connectivity index (χ0) is 30.1. The second-order valence-electron chi connectivity index (χ2n) is 10.7. The number of ether oxygens (including phenoxy) is 7. The highest BCUT2D eigenvalue weighted by Gasteiger charge is 2.78. The van der Waals surface area contributed by atoms with Crippen LogP contribution in [0.2, 0.25) is 0 Å². The van der Waals surface area contributed by atoms with Gasteiger partial charge in [0.05, 0.1) is 50.3 Å². The van der Waals surface area contributed by atoms with Gasteiger partial charge < -0.3 is 63.8 Å². The molecule has 1 spiro atoms. The third kappa shape index (κ3) is 4.27. The zero-order valence-corrected chi connectivity index (χ0v) is 22.3. The molecule has 6 rings (SSSR count). The predicted octanol–water partition coefficient (Wildman–Crippen LogP) is -2.10. The van der Waals surface area contributed by atoms with Gasteiger partial charge in [0.15, 0.2) is 23.4 Å². The van der Waals surface area contributed by atoms with Crippen LogP contribution in [0.4, 0.5) is 0 Å². The molecule has 15 nitrogen and oxygen atoms in total. The number of benzene rings is 1. The first kappa shape index (κ1) is 28.8. The second kappa shape index (κ2) is 10.5. The number of aromatic hydroxyl groups is 1. The lowest BCUT2D eigenvalue weighted by Crippen LogP contribution is -2.61. The largest absolute Gasteiger partial charge is 0.504 e. The fraction of sp³-hybridized carbons (Fsp3) is 0.556. The molecule has 4 heterocycles. The molecule has 12 unspecified atom stereocenters. The van der Waals surface area contributed by atoms with Crippen molar-refractivity contribution in [3.63, 3.8) is 0 Å². The maximum atomic E-state index is 13.3. The lowest BCUT2D eigenvalue weighted by atomic mass is 9.78. The van der Waals surface area contributed by atoms with E-state index < -0.39 is 91.3 Å². The van der Waals surface area contributed by atoms with Gasteiger partial charge in [-0.05, 0) is 23.8 Å². The molecule has 1 aromatic carbocycles. The van der Waals surface area contributed by atoms with E-state index in [0.717, 1.165) is 6.26 Å². The number of aliphatic hydroxyl groups excluding tert-OH is 5. The van der Waals surface area contributed by atoms with Gasteiger partial charge >= 0.3 is 11.9 Å². The van der Waals surface area contributed by atoms with E-state index >= 15 is 0 Å². The number of aliphatic hydroxyl groups is 5. The van der Waals surface area contributed by atoms with Gasteiger partial charge in [-0.1, -0.05) is 6.07 Å². The Bertz CT molecular complexity index is 1320. The van der Waals surface area contributed by atoms with Crippen molar-refractivity contribution in [2.45, 2.75) is 60.9 Å². The fourth-order valence-corrected chi connectivity index (χ4v) is 6.31. The number of esters is 2. The standard InChI is InChI=1S/C27H30O15/c1-36-13-5-9(3-4-12(13)29)17(30)10-6-27(42-24(10)35)16-15(21-22(27)40-21)11(23(34)37-2)8-38-25(16)41-26-20(33)19(32)18(31)14(7-28)39-26/h3-6,8,14-22,25-26,28-33H,7H2,1-2H3. The monoisotopic (exact) mass is 594 g/mol. The van der Waals surface area contributed by atoms with Gasteiger partial charge in [-0.2, -0.15) is 0 Å². The molecule has 6 N–H and O–H groups in total. The van der Waals surface area contributed by atoms with Crippen molar-refractivity contribution < 1.29 is 73.4 Å². The lowest BCUT2D eigenvalue weighted by Gasteiger charge is -2.45. The molecule has 0 aromatic heterocycles. The van der Waals surface area contributed by atoms with Crippen LogP contribution in [-0.4, -0.2) is 118 Å².